The van der Waals surface area contributed by atoms with Crippen LogP contribution in [0.4, 0.5) is 0 Å². The molecular formula is C48H48I2. The van der Waals surface area contributed by atoms with E-state index in [0.29, 0.717) is 0 Å². The molecule has 0 aromatic heterocycles. The van der Waals surface area contributed by atoms with E-state index in [0.717, 1.165) is 0 Å². The van der Waals surface area contributed by atoms with Crippen LogP contribution in [-0.2, 0) is 0 Å². The third-order valence-corrected chi connectivity index (χ3v) is 12.6. The fraction of sp³-hybridized carbons (Fsp3) is 0.250. The highest BCUT2D eigenvalue weighted by atomic mass is 127. The lowest BCUT2D eigenvalue weighted by Crippen LogP contribution is -2.00. The minimum atomic E-state index is 1.25. The van der Waals surface area contributed by atoms with Crippen molar-refractivity contribution < 1.29 is 0 Å². The fourth-order valence-corrected chi connectivity index (χ4v) is 10.4. The predicted molar refractivity (Wildman–Crippen MR) is 236 cm³/mol. The summed E-state index contributed by atoms with van der Waals surface area (Å²) < 4.78 is 2.61. The van der Waals surface area contributed by atoms with E-state index in [1.165, 1.54) is 130 Å². The zero-order valence-corrected chi connectivity index (χ0v) is 36.0. The van der Waals surface area contributed by atoms with Crippen molar-refractivity contribution in [1.29, 1.82) is 0 Å². The second-order valence-electron chi connectivity index (χ2n) is 14.9. The Morgan fingerprint density at radius 2 is 0.420 bits per heavy atom. The van der Waals surface area contributed by atoms with E-state index in [2.05, 4.69) is 201 Å². The molecule has 50 heavy (non-hydrogen) atoms. The smallest absolute Gasteiger partial charge is 0.0288 e. The first-order valence-corrected chi connectivity index (χ1v) is 19.7. The molecule has 0 atom stereocenters. The molecule has 0 spiro atoms. The summed E-state index contributed by atoms with van der Waals surface area (Å²) in [4.78, 5) is 0. The van der Waals surface area contributed by atoms with Gasteiger partial charge >= 0.3 is 0 Å². The standard InChI is InChI=1S/C48H48I2/c1-25-13-29(5)43(30(6)14-25)39-21-37(22-40(47(39)49)44-31(7)15-26(2)16-32(44)8)38-23-41(45-33(9)17-27(3)18-34(45)10)48(50)42(24-38)46-35(11)19-28(4)20-36(46)12/h13-24H,1-12H3. The van der Waals surface area contributed by atoms with Crippen molar-refractivity contribution in [2.75, 3.05) is 0 Å². The summed E-state index contributed by atoms with van der Waals surface area (Å²) in [5, 5.41) is 0. The van der Waals surface area contributed by atoms with Crippen LogP contribution in [0.5, 0.6) is 0 Å². The van der Waals surface area contributed by atoms with Gasteiger partial charge in [-0.1, -0.05) is 70.8 Å². The predicted octanol–water partition coefficient (Wildman–Crippen LogP) is 14.9. The number of aryl methyl sites for hydroxylation is 12. The van der Waals surface area contributed by atoms with Crippen LogP contribution < -0.4 is 0 Å². The van der Waals surface area contributed by atoms with Crippen LogP contribution in [0.2, 0.25) is 0 Å². The highest BCUT2D eigenvalue weighted by molar-refractivity contribution is 14.1. The van der Waals surface area contributed by atoms with Crippen LogP contribution in [0.25, 0.3) is 55.6 Å². The van der Waals surface area contributed by atoms with Crippen molar-refractivity contribution >= 4 is 45.2 Å². The number of rotatable bonds is 5. The van der Waals surface area contributed by atoms with Crippen LogP contribution in [-0.4, -0.2) is 0 Å². The third kappa shape index (κ3) is 6.75. The van der Waals surface area contributed by atoms with Crippen LogP contribution in [0.15, 0.2) is 72.8 Å². The van der Waals surface area contributed by atoms with Crippen molar-refractivity contribution in [1.82, 2.24) is 0 Å². The molecule has 0 N–H and O–H groups in total. The summed E-state index contributed by atoms with van der Waals surface area (Å²) in [6, 6.07) is 28.5. The van der Waals surface area contributed by atoms with Crippen molar-refractivity contribution in [2.24, 2.45) is 0 Å². The van der Waals surface area contributed by atoms with Gasteiger partial charge < -0.3 is 0 Å². The van der Waals surface area contributed by atoms with Gasteiger partial charge in [0.2, 0.25) is 0 Å². The Morgan fingerprint density at radius 1 is 0.260 bits per heavy atom. The molecule has 0 heterocycles. The molecule has 254 valence electrons. The van der Waals surface area contributed by atoms with Gasteiger partial charge in [0, 0.05) is 7.14 Å². The number of hydrogen-bond donors (Lipinski definition) is 0. The molecule has 0 bridgehead atoms. The van der Waals surface area contributed by atoms with Gasteiger partial charge in [0.25, 0.3) is 0 Å². The maximum atomic E-state index is 2.63. The number of halogens is 2. The van der Waals surface area contributed by atoms with Crippen molar-refractivity contribution in [3.8, 4) is 55.6 Å². The van der Waals surface area contributed by atoms with Crippen LogP contribution in [0.1, 0.15) is 66.8 Å². The lowest BCUT2D eigenvalue weighted by Gasteiger charge is -2.23. The van der Waals surface area contributed by atoms with E-state index in [1.807, 2.05) is 0 Å². The second-order valence-corrected chi connectivity index (χ2v) is 17.0. The molecule has 6 aromatic rings. The van der Waals surface area contributed by atoms with Crippen LogP contribution in [0.3, 0.4) is 0 Å². The second kappa shape index (κ2) is 14.1. The molecule has 0 saturated carbocycles. The Morgan fingerprint density at radius 3 is 0.580 bits per heavy atom. The summed E-state index contributed by atoms with van der Waals surface area (Å²) >= 11 is 5.26. The summed E-state index contributed by atoms with van der Waals surface area (Å²) in [5.74, 6) is 0. The topological polar surface area (TPSA) is 0 Å². The van der Waals surface area contributed by atoms with Gasteiger partial charge in [0.05, 0.1) is 0 Å². The first kappa shape index (κ1) is 36.6. The first-order valence-electron chi connectivity index (χ1n) is 17.6. The molecule has 2 heteroatoms. The lowest BCUT2D eigenvalue weighted by molar-refractivity contribution is 1.30. The van der Waals surface area contributed by atoms with E-state index in [-0.39, 0.29) is 0 Å². The number of hydrogen-bond acceptors (Lipinski definition) is 0. The fourth-order valence-electron chi connectivity index (χ4n) is 8.73. The van der Waals surface area contributed by atoms with Gasteiger partial charge in [-0.2, -0.15) is 0 Å². The minimum absolute atomic E-state index is 1.25. The summed E-state index contributed by atoms with van der Waals surface area (Å²) in [6.45, 7) is 27.0. The SMILES string of the molecule is Cc1cc(C)c(-c2cc(-c3cc(-c4c(C)cc(C)cc4C)c(I)c(-c4c(C)cc(C)cc4C)c3)cc(-c3c(C)cc(C)cc3C)c2I)c(C)c1. The maximum absolute atomic E-state index is 2.63. The molecule has 0 radical (unpaired) electrons. The molecule has 0 aliphatic rings. The summed E-state index contributed by atoms with van der Waals surface area (Å²) in [6.07, 6.45) is 0. The van der Waals surface area contributed by atoms with Crippen LogP contribution >= 0.6 is 45.2 Å². The average molecular weight is 879 g/mol. The van der Waals surface area contributed by atoms with Gasteiger partial charge in [0.1, 0.15) is 0 Å². The van der Waals surface area contributed by atoms with Crippen LogP contribution in [0, 0.1) is 90.2 Å². The molecule has 0 aliphatic heterocycles. The van der Waals surface area contributed by atoms with Gasteiger partial charge in [0.15, 0.2) is 0 Å². The van der Waals surface area contributed by atoms with E-state index in [9.17, 15) is 0 Å². The van der Waals surface area contributed by atoms with Gasteiger partial charge in [-0.25, -0.2) is 0 Å². The molecule has 0 amide bonds. The lowest BCUT2D eigenvalue weighted by atomic mass is 9.84. The quantitative estimate of drug-likeness (QED) is 0.151. The molecule has 0 unspecified atom stereocenters. The summed E-state index contributed by atoms with van der Waals surface area (Å²) in [7, 11) is 0. The summed E-state index contributed by atoms with van der Waals surface area (Å²) in [5.41, 5.74) is 28.9. The van der Waals surface area contributed by atoms with Gasteiger partial charge in [-0.05, 0) is 253 Å². The maximum Gasteiger partial charge on any atom is 0.0288 e. The van der Waals surface area contributed by atoms with Gasteiger partial charge in [-0.3, -0.25) is 0 Å². The zero-order valence-electron chi connectivity index (χ0n) is 31.7. The molecule has 6 rings (SSSR count). The Balaban J connectivity index is 1.77. The van der Waals surface area contributed by atoms with E-state index < -0.39 is 0 Å². The minimum Gasteiger partial charge on any atom is -0.0557 e. The molecule has 6 aromatic carbocycles. The Bertz CT molecular complexity index is 1930. The third-order valence-electron chi connectivity index (χ3n) is 10.3. The number of benzene rings is 6. The van der Waals surface area contributed by atoms with E-state index >= 15 is 0 Å². The molecular weight excluding hydrogens is 830 g/mol. The monoisotopic (exact) mass is 878 g/mol. The van der Waals surface area contributed by atoms with Gasteiger partial charge in [-0.15, -0.1) is 0 Å². The molecule has 0 nitrogen and oxygen atoms in total. The van der Waals surface area contributed by atoms with Crippen molar-refractivity contribution in [2.45, 2.75) is 83.1 Å². The average Bonchev–Trinajstić information content (AvgIpc) is 2.98. The molecule has 0 aliphatic carbocycles. The van der Waals surface area contributed by atoms with Crippen molar-refractivity contribution in [3.05, 3.63) is 147 Å². The first-order chi connectivity index (χ1) is 23.5. The Labute approximate surface area is 328 Å². The normalized spacial score (nSPS) is 11.4. The largest absolute Gasteiger partial charge is 0.0557 e. The zero-order chi connectivity index (χ0) is 36.3. The highest BCUT2D eigenvalue weighted by Crippen LogP contribution is 2.46. The molecule has 0 saturated heterocycles. The van der Waals surface area contributed by atoms with Crippen molar-refractivity contribution in [3.63, 3.8) is 0 Å². The van der Waals surface area contributed by atoms with E-state index in [4.69, 9.17) is 0 Å². The Hall–Kier alpha value is -3.22. The highest BCUT2D eigenvalue weighted by Gasteiger charge is 2.22. The Kier molecular flexibility index (Phi) is 10.3. The molecule has 0 fully saturated rings. The van der Waals surface area contributed by atoms with E-state index in [1.54, 1.807) is 0 Å².